The second-order valence-corrected chi connectivity index (χ2v) is 5.40. The maximum atomic E-state index is 13.9. The zero-order valence-corrected chi connectivity index (χ0v) is 13.2. The van der Waals surface area contributed by atoms with Crippen molar-refractivity contribution in [2.75, 3.05) is 0 Å². The minimum Gasteiger partial charge on any atom is -0.320 e. The Morgan fingerprint density at radius 2 is 1.71 bits per heavy atom. The number of carbonyl (C=O) groups is 1. The van der Waals surface area contributed by atoms with Gasteiger partial charge in [-0.2, -0.15) is 0 Å². The lowest BCUT2D eigenvalue weighted by atomic mass is 9.81. The van der Waals surface area contributed by atoms with E-state index in [1.807, 2.05) is 0 Å². The third kappa shape index (κ3) is 3.46. The molecule has 1 aliphatic heterocycles. The van der Waals surface area contributed by atoms with Gasteiger partial charge in [-0.3, -0.25) is 4.79 Å². The Kier molecular flexibility index (Phi) is 6.52. The van der Waals surface area contributed by atoms with Crippen LogP contribution >= 0.6 is 12.4 Å². The van der Waals surface area contributed by atoms with Crippen molar-refractivity contribution >= 4 is 18.3 Å². The molecule has 1 amide bonds. The number of piperidine rings is 1. The van der Waals surface area contributed by atoms with E-state index >= 15 is 0 Å². The van der Waals surface area contributed by atoms with E-state index < -0.39 is 59.6 Å². The summed E-state index contributed by atoms with van der Waals surface area (Å²) in [4.78, 5) is 12.0. The minimum absolute atomic E-state index is 0. The number of amides is 1. The monoisotopic (exact) mass is 376 g/mol. The van der Waals surface area contributed by atoms with E-state index in [1.54, 1.807) is 0 Å². The van der Waals surface area contributed by atoms with Crippen LogP contribution < -0.4 is 5.73 Å². The highest BCUT2D eigenvalue weighted by Crippen LogP contribution is 2.38. The fourth-order valence-corrected chi connectivity index (χ4v) is 2.87. The Balaban J connectivity index is 0.00000288. The summed E-state index contributed by atoms with van der Waals surface area (Å²) in [6.07, 6.45) is -6.79. The number of likely N-dealkylation sites (tertiary alicyclic amines) is 1. The number of alkyl halides is 3. The zero-order chi connectivity index (χ0) is 17.5. The van der Waals surface area contributed by atoms with Crippen molar-refractivity contribution in [3.05, 3.63) is 35.1 Å². The first-order valence-corrected chi connectivity index (χ1v) is 6.80. The van der Waals surface area contributed by atoms with Crippen molar-refractivity contribution in [2.24, 2.45) is 5.73 Å². The third-order valence-electron chi connectivity index (χ3n) is 4.02. The van der Waals surface area contributed by atoms with E-state index in [4.69, 9.17) is 5.73 Å². The van der Waals surface area contributed by atoms with Gasteiger partial charge < -0.3 is 10.6 Å². The predicted octanol–water partition coefficient (Wildman–Crippen LogP) is 3.12. The third-order valence-corrected chi connectivity index (χ3v) is 4.02. The number of hydrogen-bond acceptors (Lipinski definition) is 2. The average Bonchev–Trinajstić information content (AvgIpc) is 2.48. The molecule has 0 saturated carbocycles. The van der Waals surface area contributed by atoms with Crippen LogP contribution in [-0.2, 0) is 4.79 Å². The molecule has 3 nitrogen and oxygen atoms in total. The largest absolute Gasteiger partial charge is 0.320 e. The summed E-state index contributed by atoms with van der Waals surface area (Å²) in [7, 11) is 0. The molecule has 10 heteroatoms. The summed E-state index contributed by atoms with van der Waals surface area (Å²) in [6.45, 7) is 1.16. The molecule has 1 heterocycles. The van der Waals surface area contributed by atoms with Gasteiger partial charge in [0.05, 0.1) is 6.04 Å². The van der Waals surface area contributed by atoms with Gasteiger partial charge in [0.1, 0.15) is 5.82 Å². The van der Waals surface area contributed by atoms with Gasteiger partial charge in [0.15, 0.2) is 11.6 Å². The van der Waals surface area contributed by atoms with E-state index in [2.05, 4.69) is 0 Å². The van der Waals surface area contributed by atoms with Gasteiger partial charge in [-0.1, -0.05) is 0 Å². The average molecular weight is 377 g/mol. The number of hydrogen-bond donors (Lipinski definition) is 1. The highest BCUT2D eigenvalue weighted by atomic mass is 35.5. The van der Waals surface area contributed by atoms with Gasteiger partial charge in [-0.15, -0.1) is 12.4 Å². The molecule has 1 aromatic rings. The minimum atomic E-state index is -3.51. The van der Waals surface area contributed by atoms with Crippen LogP contribution in [0, 0.1) is 17.5 Å². The van der Waals surface area contributed by atoms with Gasteiger partial charge in [0.25, 0.3) is 6.43 Å². The normalized spacial score (nSPS) is 25.6. The Morgan fingerprint density at radius 1 is 1.17 bits per heavy atom. The number of rotatable bonds is 3. The van der Waals surface area contributed by atoms with Gasteiger partial charge in [-0.25, -0.2) is 26.3 Å². The number of nitrogens with zero attached hydrogens (tertiary/aromatic N) is 1. The molecular formula is C14H15ClF6N2O. The van der Waals surface area contributed by atoms with Crippen molar-refractivity contribution < 1.29 is 31.1 Å². The lowest BCUT2D eigenvalue weighted by Crippen LogP contribution is -2.59. The fraction of sp³-hybridized carbons (Fsp3) is 0.500. The van der Waals surface area contributed by atoms with E-state index in [0.29, 0.717) is 12.1 Å². The summed E-state index contributed by atoms with van der Waals surface area (Å²) in [5.41, 5.74) is 4.76. The molecule has 4 atom stereocenters. The predicted molar refractivity (Wildman–Crippen MR) is 76.1 cm³/mol. The highest BCUT2D eigenvalue weighted by molar-refractivity contribution is 5.85. The second kappa shape index (κ2) is 7.60. The quantitative estimate of drug-likeness (QED) is 0.500. The maximum absolute atomic E-state index is 13.9. The summed E-state index contributed by atoms with van der Waals surface area (Å²) in [6, 6.07) is -1.50. The van der Waals surface area contributed by atoms with Gasteiger partial charge in [-0.05, 0) is 25.5 Å². The van der Waals surface area contributed by atoms with E-state index in [1.165, 1.54) is 0 Å². The summed E-state index contributed by atoms with van der Waals surface area (Å²) in [5, 5.41) is 0. The molecule has 0 aliphatic carbocycles. The number of carbonyl (C=O) groups excluding carboxylic acids is 1. The molecule has 1 fully saturated rings. The summed E-state index contributed by atoms with van der Waals surface area (Å²) >= 11 is 0. The SMILES string of the molecule is CC1C(c2c(F)ccc(F)c2F)CC(N)C(=O)N1C(F)C(F)F.Cl. The van der Waals surface area contributed by atoms with Crippen LogP contribution in [0.25, 0.3) is 0 Å². The Bertz CT molecular complexity index is 617. The molecule has 0 radical (unpaired) electrons. The molecule has 136 valence electrons. The molecule has 1 aromatic carbocycles. The van der Waals surface area contributed by atoms with Crippen LogP contribution in [0.3, 0.4) is 0 Å². The molecule has 0 aromatic heterocycles. The van der Waals surface area contributed by atoms with Crippen molar-refractivity contribution in [3.8, 4) is 0 Å². The van der Waals surface area contributed by atoms with Crippen molar-refractivity contribution in [3.63, 3.8) is 0 Å². The van der Waals surface area contributed by atoms with E-state index in [-0.39, 0.29) is 23.7 Å². The number of halogens is 7. The first-order chi connectivity index (χ1) is 10.7. The zero-order valence-electron chi connectivity index (χ0n) is 12.4. The van der Waals surface area contributed by atoms with Crippen molar-refractivity contribution in [2.45, 2.75) is 44.1 Å². The van der Waals surface area contributed by atoms with Crippen LogP contribution in [0.2, 0.25) is 0 Å². The molecule has 24 heavy (non-hydrogen) atoms. The van der Waals surface area contributed by atoms with Gasteiger partial charge >= 0.3 is 0 Å². The molecule has 0 spiro atoms. The number of benzene rings is 1. The molecular weight excluding hydrogens is 362 g/mol. The topological polar surface area (TPSA) is 46.3 Å². The molecule has 1 aliphatic rings. The Hall–Kier alpha value is -1.48. The summed E-state index contributed by atoms with van der Waals surface area (Å²) < 4.78 is 80.1. The van der Waals surface area contributed by atoms with Crippen LogP contribution in [0.5, 0.6) is 0 Å². The van der Waals surface area contributed by atoms with E-state index in [0.717, 1.165) is 6.92 Å². The first kappa shape index (κ1) is 20.6. The van der Waals surface area contributed by atoms with Gasteiger partial charge in [0, 0.05) is 17.5 Å². The lowest BCUT2D eigenvalue weighted by Gasteiger charge is -2.43. The first-order valence-electron chi connectivity index (χ1n) is 6.80. The van der Waals surface area contributed by atoms with Crippen molar-refractivity contribution in [1.82, 2.24) is 4.90 Å². The summed E-state index contributed by atoms with van der Waals surface area (Å²) in [5.74, 6) is -6.30. The van der Waals surface area contributed by atoms with Crippen LogP contribution in [0.1, 0.15) is 24.8 Å². The lowest BCUT2D eigenvalue weighted by molar-refractivity contribution is -0.156. The van der Waals surface area contributed by atoms with E-state index in [9.17, 15) is 31.1 Å². The fourth-order valence-electron chi connectivity index (χ4n) is 2.87. The smallest absolute Gasteiger partial charge is 0.287 e. The Morgan fingerprint density at radius 3 is 2.25 bits per heavy atom. The standard InChI is InChI=1S/C14H14F6N2O.ClH/c1-5-6(10-7(15)2-3-8(16)11(10)17)4-9(21)14(23)22(5)13(20)12(18)19;/h2-3,5-6,9,12-13H,4,21H2,1H3;1H. The molecule has 1 saturated heterocycles. The Labute approximate surface area is 140 Å². The van der Waals surface area contributed by atoms with Crippen LogP contribution in [0.15, 0.2) is 12.1 Å². The molecule has 2 N–H and O–H groups in total. The molecule has 4 unspecified atom stereocenters. The number of nitrogens with two attached hydrogens (primary N) is 1. The van der Waals surface area contributed by atoms with Crippen LogP contribution in [0.4, 0.5) is 26.3 Å². The highest BCUT2D eigenvalue weighted by Gasteiger charge is 2.46. The molecule has 2 rings (SSSR count). The molecule has 0 bridgehead atoms. The van der Waals surface area contributed by atoms with Gasteiger partial charge in [0.2, 0.25) is 12.2 Å². The van der Waals surface area contributed by atoms with Crippen LogP contribution in [-0.4, -0.2) is 35.6 Å². The van der Waals surface area contributed by atoms with Crippen molar-refractivity contribution in [1.29, 1.82) is 0 Å². The second-order valence-electron chi connectivity index (χ2n) is 5.40. The maximum Gasteiger partial charge on any atom is 0.287 e.